The smallest absolute Gasteiger partial charge is 0.221 e. The molecule has 0 aromatic heterocycles. The molecule has 3 aromatic rings. The monoisotopic (exact) mass is 427 g/mol. The predicted octanol–water partition coefficient (Wildman–Crippen LogP) is 5.75. The van der Waals surface area contributed by atoms with Gasteiger partial charge in [0.1, 0.15) is 0 Å². The lowest BCUT2D eigenvalue weighted by molar-refractivity contribution is -0.114. The van der Waals surface area contributed by atoms with Crippen LogP contribution in [0.4, 0.5) is 11.4 Å². The topological polar surface area (TPSA) is 44.7 Å². The molecule has 1 aliphatic rings. The van der Waals surface area contributed by atoms with E-state index in [0.717, 1.165) is 40.5 Å². The van der Waals surface area contributed by atoms with E-state index < -0.39 is 0 Å². The Morgan fingerprint density at radius 1 is 1.00 bits per heavy atom. The first kappa shape index (κ1) is 20.9. The van der Waals surface area contributed by atoms with Gasteiger partial charge in [-0.3, -0.25) is 9.79 Å². The number of anilines is 2. The van der Waals surface area contributed by atoms with Crippen LogP contribution < -0.4 is 10.2 Å². The van der Waals surface area contributed by atoms with Crippen LogP contribution >= 0.6 is 11.8 Å². The molecule has 0 radical (unpaired) electrons. The number of likely N-dealkylation sites (N-methyl/N-ethyl adjacent to an activating group) is 1. The van der Waals surface area contributed by atoms with Gasteiger partial charge in [0.25, 0.3) is 0 Å². The third-order valence-corrected chi connectivity index (χ3v) is 6.15. The fourth-order valence-electron chi connectivity index (χ4n) is 3.51. The molecule has 0 spiro atoms. The van der Waals surface area contributed by atoms with Gasteiger partial charge in [0, 0.05) is 47.2 Å². The summed E-state index contributed by atoms with van der Waals surface area (Å²) in [6.45, 7) is 3.21. The summed E-state index contributed by atoms with van der Waals surface area (Å²) in [6, 6.07) is 24.7. The highest BCUT2D eigenvalue weighted by Gasteiger charge is 2.13. The van der Waals surface area contributed by atoms with Gasteiger partial charge in [0.2, 0.25) is 5.91 Å². The zero-order chi connectivity index (χ0) is 21.6. The molecule has 1 amide bonds. The Kier molecular flexibility index (Phi) is 6.53. The van der Waals surface area contributed by atoms with Gasteiger partial charge in [-0.15, -0.1) is 0 Å². The lowest BCUT2D eigenvalue weighted by Crippen LogP contribution is -2.20. The highest BCUT2D eigenvalue weighted by Crippen LogP contribution is 2.32. The van der Waals surface area contributed by atoms with Crippen molar-refractivity contribution in [3.63, 3.8) is 0 Å². The minimum atomic E-state index is -0.0647. The molecule has 0 bridgehead atoms. The van der Waals surface area contributed by atoms with Crippen molar-refractivity contribution in [1.82, 2.24) is 0 Å². The summed E-state index contributed by atoms with van der Waals surface area (Å²) in [5.41, 5.74) is 5.35. The lowest BCUT2D eigenvalue weighted by atomic mass is 10.1. The molecular formula is C26H25N3OS. The fourth-order valence-corrected chi connectivity index (χ4v) is 4.43. The Morgan fingerprint density at radius 3 is 2.55 bits per heavy atom. The van der Waals surface area contributed by atoms with Gasteiger partial charge < -0.3 is 10.2 Å². The molecule has 1 N–H and O–H groups in total. The molecule has 31 heavy (non-hydrogen) atoms. The van der Waals surface area contributed by atoms with Crippen molar-refractivity contribution < 1.29 is 4.79 Å². The number of hydrogen-bond donors (Lipinski definition) is 1. The Hall–Kier alpha value is -3.31. The molecule has 3 aromatic carbocycles. The zero-order valence-electron chi connectivity index (χ0n) is 17.7. The van der Waals surface area contributed by atoms with E-state index >= 15 is 0 Å². The number of fused-ring (bicyclic) bond motifs is 1. The highest BCUT2D eigenvalue weighted by atomic mass is 32.2. The molecule has 0 aliphatic carbocycles. The van der Waals surface area contributed by atoms with Crippen molar-refractivity contribution in [3.8, 4) is 0 Å². The Morgan fingerprint density at radius 2 is 1.74 bits per heavy atom. The molecule has 4 rings (SSSR count). The van der Waals surface area contributed by atoms with Crippen LogP contribution in [0.3, 0.4) is 0 Å². The number of carbonyl (C=O) groups is 1. The number of aliphatic imine (C=N–C) groups is 1. The lowest BCUT2D eigenvalue weighted by Gasteiger charge is -2.18. The van der Waals surface area contributed by atoms with E-state index in [2.05, 4.69) is 77.9 Å². The zero-order valence-corrected chi connectivity index (χ0v) is 18.5. The van der Waals surface area contributed by atoms with Gasteiger partial charge in [0.15, 0.2) is 0 Å². The summed E-state index contributed by atoms with van der Waals surface area (Å²) < 4.78 is 0. The van der Waals surface area contributed by atoms with E-state index in [1.807, 2.05) is 24.3 Å². The number of benzodiazepines with no additional fused rings is 1. The second-order valence-corrected chi connectivity index (χ2v) is 8.50. The first-order valence-electron chi connectivity index (χ1n) is 10.3. The van der Waals surface area contributed by atoms with E-state index in [0.29, 0.717) is 0 Å². The van der Waals surface area contributed by atoms with Crippen LogP contribution in [-0.4, -0.2) is 31.8 Å². The summed E-state index contributed by atoms with van der Waals surface area (Å²) in [6.07, 6.45) is 4.27. The minimum absolute atomic E-state index is 0.0647. The third-order valence-electron chi connectivity index (χ3n) is 5.05. The molecule has 0 fully saturated rings. The van der Waals surface area contributed by atoms with Crippen molar-refractivity contribution >= 4 is 40.8 Å². The van der Waals surface area contributed by atoms with Gasteiger partial charge in [-0.05, 0) is 48.0 Å². The number of hydrogen-bond acceptors (Lipinski definition) is 4. The minimum Gasteiger partial charge on any atom is -0.372 e. The normalized spacial score (nSPS) is 13.5. The number of rotatable bonds is 5. The van der Waals surface area contributed by atoms with Crippen molar-refractivity contribution in [2.24, 2.45) is 4.99 Å². The molecule has 0 atom stereocenters. The highest BCUT2D eigenvalue weighted by molar-refractivity contribution is 7.99. The fraction of sp³-hybridized carbons (Fsp3) is 0.154. The van der Waals surface area contributed by atoms with Gasteiger partial charge in [0.05, 0.1) is 12.3 Å². The summed E-state index contributed by atoms with van der Waals surface area (Å²) in [5, 5.41) is 2.80. The first-order valence-corrected chi connectivity index (χ1v) is 11.1. The van der Waals surface area contributed by atoms with Crippen LogP contribution in [0.15, 0.2) is 93.7 Å². The Balaban J connectivity index is 1.57. The van der Waals surface area contributed by atoms with Crippen molar-refractivity contribution in [3.05, 3.63) is 90.0 Å². The second-order valence-electron chi connectivity index (χ2n) is 7.38. The molecule has 4 nitrogen and oxygen atoms in total. The van der Waals surface area contributed by atoms with Crippen LogP contribution in [0.2, 0.25) is 0 Å². The van der Waals surface area contributed by atoms with E-state index in [1.54, 1.807) is 11.8 Å². The average Bonchev–Trinajstić information content (AvgIpc) is 2.93. The molecule has 0 saturated carbocycles. The largest absolute Gasteiger partial charge is 0.372 e. The van der Waals surface area contributed by atoms with Crippen molar-refractivity contribution in [2.75, 3.05) is 30.4 Å². The summed E-state index contributed by atoms with van der Waals surface area (Å²) >= 11 is 1.71. The van der Waals surface area contributed by atoms with E-state index in [-0.39, 0.29) is 5.91 Å². The number of carbonyl (C=O) groups excluding carboxylic acids is 1. The molecule has 5 heteroatoms. The maximum absolute atomic E-state index is 11.2. The first-order chi connectivity index (χ1) is 15.1. The van der Waals surface area contributed by atoms with Crippen LogP contribution in [0, 0.1) is 0 Å². The molecule has 1 aliphatic heterocycles. The predicted molar refractivity (Wildman–Crippen MR) is 131 cm³/mol. The van der Waals surface area contributed by atoms with Gasteiger partial charge in [-0.2, -0.15) is 0 Å². The number of amides is 1. The average molecular weight is 428 g/mol. The molecular weight excluding hydrogens is 402 g/mol. The number of nitrogens with zero attached hydrogens (tertiary/aromatic N) is 2. The Labute approximate surface area is 187 Å². The molecule has 0 unspecified atom stereocenters. The number of para-hydroxylation sites is 1. The van der Waals surface area contributed by atoms with Crippen molar-refractivity contribution in [2.45, 2.75) is 16.7 Å². The maximum atomic E-state index is 11.2. The SMILES string of the molecule is CC(=O)Nc1ccc(Sc2ccccc2C=CC2=NCCN(C)c3ccccc32)cc1. The van der Waals surface area contributed by atoms with E-state index in [9.17, 15) is 4.79 Å². The number of nitrogens with one attached hydrogen (secondary N) is 1. The van der Waals surface area contributed by atoms with Crippen LogP contribution in [0.25, 0.3) is 6.08 Å². The Bertz CT molecular complexity index is 1140. The second kappa shape index (κ2) is 9.67. The maximum Gasteiger partial charge on any atom is 0.221 e. The number of benzene rings is 3. The van der Waals surface area contributed by atoms with Gasteiger partial charge >= 0.3 is 0 Å². The summed E-state index contributed by atoms with van der Waals surface area (Å²) in [7, 11) is 2.12. The van der Waals surface area contributed by atoms with Crippen LogP contribution in [-0.2, 0) is 4.79 Å². The standard InChI is InChI=1S/C26H25N3OS/c1-19(30)28-21-12-14-22(15-13-21)31-26-10-6-3-7-20(26)11-16-24-23-8-4-5-9-25(23)29(2)18-17-27-24/h3-16H,17-18H2,1-2H3,(H,28,30). The summed E-state index contributed by atoms with van der Waals surface area (Å²) in [5.74, 6) is -0.0647. The van der Waals surface area contributed by atoms with Crippen LogP contribution in [0.5, 0.6) is 0 Å². The molecule has 0 saturated heterocycles. The van der Waals surface area contributed by atoms with Gasteiger partial charge in [-0.25, -0.2) is 0 Å². The summed E-state index contributed by atoms with van der Waals surface area (Å²) in [4.78, 5) is 20.6. The van der Waals surface area contributed by atoms with E-state index in [1.165, 1.54) is 17.5 Å². The van der Waals surface area contributed by atoms with Crippen LogP contribution in [0.1, 0.15) is 18.1 Å². The number of allylic oxidation sites excluding steroid dienone is 1. The van der Waals surface area contributed by atoms with Gasteiger partial charge in [-0.1, -0.05) is 54.2 Å². The molecule has 1 heterocycles. The molecule has 156 valence electrons. The van der Waals surface area contributed by atoms with E-state index in [4.69, 9.17) is 4.99 Å². The quantitative estimate of drug-likeness (QED) is 0.564. The third kappa shape index (κ3) is 5.25. The van der Waals surface area contributed by atoms with Crippen molar-refractivity contribution in [1.29, 1.82) is 0 Å².